The summed E-state index contributed by atoms with van der Waals surface area (Å²) in [5.41, 5.74) is 3.93. The molecule has 0 aromatic heterocycles. The van der Waals surface area contributed by atoms with Crippen molar-refractivity contribution in [2.75, 3.05) is 39.3 Å². The van der Waals surface area contributed by atoms with Gasteiger partial charge in [-0.1, -0.05) is 23.8 Å². The molecular formula is C28H45N3O3. The summed E-state index contributed by atoms with van der Waals surface area (Å²) < 4.78 is 11.9. The number of piperidine rings is 1. The van der Waals surface area contributed by atoms with Crippen LogP contribution in [0.25, 0.3) is 0 Å². The molecule has 1 aromatic rings. The van der Waals surface area contributed by atoms with Crippen molar-refractivity contribution in [2.45, 2.75) is 97.1 Å². The van der Waals surface area contributed by atoms with Gasteiger partial charge in [0.05, 0.1) is 12.1 Å². The second kappa shape index (κ2) is 9.79. The van der Waals surface area contributed by atoms with Crippen molar-refractivity contribution in [1.29, 1.82) is 0 Å². The largest absolute Gasteiger partial charge is 0.444 e. The van der Waals surface area contributed by atoms with E-state index >= 15 is 0 Å². The van der Waals surface area contributed by atoms with E-state index in [1.165, 1.54) is 16.7 Å². The molecule has 6 heteroatoms. The topological polar surface area (TPSA) is 45.2 Å². The number of piperazine rings is 1. The average Bonchev–Trinajstić information content (AvgIpc) is 3.10. The molecule has 2 saturated heterocycles. The molecule has 0 spiro atoms. The standard InChI is InChI=1S/C28H45N3O3/c1-8-33-24-18-22-17-20(2)9-10-23(22)25(24)31-16-15-30(19-21(31)3)28(7)11-13-29(14-12-28)26(32)34-27(4,5)6/h9-10,17,21,24-25H,8,11-16,18-19H2,1-7H3/t21-,24+,25+/m0/s1. The lowest BCUT2D eigenvalue weighted by molar-refractivity contribution is -0.0652. The minimum Gasteiger partial charge on any atom is -0.444 e. The van der Waals surface area contributed by atoms with Crippen molar-refractivity contribution in [1.82, 2.24) is 14.7 Å². The minimum atomic E-state index is -0.444. The molecule has 0 saturated carbocycles. The molecule has 0 unspecified atom stereocenters. The molecule has 3 aliphatic rings. The Kier molecular flexibility index (Phi) is 7.33. The van der Waals surface area contributed by atoms with Crippen LogP contribution in [0.3, 0.4) is 0 Å². The van der Waals surface area contributed by atoms with Crippen LogP contribution in [-0.2, 0) is 15.9 Å². The molecule has 4 rings (SSSR count). The van der Waals surface area contributed by atoms with Crippen LogP contribution in [0, 0.1) is 6.92 Å². The maximum Gasteiger partial charge on any atom is 0.410 e. The third kappa shape index (κ3) is 5.29. The summed E-state index contributed by atoms with van der Waals surface area (Å²) in [6.45, 7) is 20.3. The maximum absolute atomic E-state index is 12.5. The van der Waals surface area contributed by atoms with E-state index in [2.05, 4.69) is 55.7 Å². The Bertz CT molecular complexity index is 872. The first-order valence-electron chi connectivity index (χ1n) is 13.2. The van der Waals surface area contributed by atoms with Crippen molar-refractivity contribution < 1.29 is 14.3 Å². The highest BCUT2D eigenvalue weighted by Gasteiger charge is 2.44. The number of likely N-dealkylation sites (tertiary alicyclic amines) is 1. The molecule has 0 bridgehead atoms. The van der Waals surface area contributed by atoms with E-state index in [9.17, 15) is 4.79 Å². The number of amides is 1. The van der Waals surface area contributed by atoms with Crippen molar-refractivity contribution in [2.24, 2.45) is 0 Å². The summed E-state index contributed by atoms with van der Waals surface area (Å²) in [7, 11) is 0. The molecule has 2 heterocycles. The fourth-order valence-corrected chi connectivity index (χ4v) is 6.17. The summed E-state index contributed by atoms with van der Waals surface area (Å²) >= 11 is 0. The number of nitrogens with zero attached hydrogens (tertiary/aromatic N) is 3. The zero-order valence-corrected chi connectivity index (χ0v) is 22.4. The zero-order chi connectivity index (χ0) is 24.7. The molecule has 6 nitrogen and oxygen atoms in total. The summed E-state index contributed by atoms with van der Waals surface area (Å²) in [4.78, 5) is 19.8. The number of ether oxygens (including phenoxy) is 2. The lowest BCUT2D eigenvalue weighted by Gasteiger charge is -2.53. The van der Waals surface area contributed by atoms with Gasteiger partial charge in [-0.25, -0.2) is 4.79 Å². The first kappa shape index (κ1) is 25.5. The highest BCUT2D eigenvalue weighted by molar-refractivity contribution is 5.68. The molecule has 1 aromatic carbocycles. The van der Waals surface area contributed by atoms with Gasteiger partial charge in [-0.3, -0.25) is 9.80 Å². The highest BCUT2D eigenvalue weighted by Crippen LogP contribution is 2.41. The Morgan fingerprint density at radius 1 is 1.15 bits per heavy atom. The molecule has 34 heavy (non-hydrogen) atoms. The van der Waals surface area contributed by atoms with Crippen molar-refractivity contribution in [3.05, 3.63) is 34.9 Å². The number of carbonyl (C=O) groups excluding carboxylic acids is 1. The molecule has 2 fully saturated rings. The summed E-state index contributed by atoms with van der Waals surface area (Å²) in [6.07, 6.45) is 3.06. The minimum absolute atomic E-state index is 0.128. The second-order valence-corrected chi connectivity index (χ2v) is 11.8. The fraction of sp³-hybridized carbons (Fsp3) is 0.750. The van der Waals surface area contributed by atoms with Crippen molar-refractivity contribution >= 4 is 6.09 Å². The van der Waals surface area contributed by atoms with Crippen LogP contribution in [0.15, 0.2) is 18.2 Å². The lowest BCUT2D eigenvalue weighted by Crippen LogP contribution is -2.63. The maximum atomic E-state index is 12.5. The molecule has 190 valence electrons. The average molecular weight is 472 g/mol. The van der Waals surface area contributed by atoms with Crippen LogP contribution in [0.1, 0.15) is 77.1 Å². The van der Waals surface area contributed by atoms with Gasteiger partial charge >= 0.3 is 6.09 Å². The first-order valence-corrected chi connectivity index (χ1v) is 13.2. The first-order chi connectivity index (χ1) is 16.0. The molecule has 1 amide bonds. The van der Waals surface area contributed by atoms with E-state index in [0.29, 0.717) is 12.1 Å². The fourth-order valence-electron chi connectivity index (χ4n) is 6.17. The van der Waals surface area contributed by atoms with Gasteiger partial charge in [-0.15, -0.1) is 0 Å². The Hall–Kier alpha value is -1.63. The van der Waals surface area contributed by atoms with Crippen molar-refractivity contribution in [3.8, 4) is 0 Å². The molecule has 1 aliphatic carbocycles. The molecule has 0 radical (unpaired) electrons. The van der Waals surface area contributed by atoms with Gasteiger partial charge in [0.1, 0.15) is 5.60 Å². The summed E-state index contributed by atoms with van der Waals surface area (Å²) in [6, 6.07) is 7.73. The van der Waals surface area contributed by atoms with E-state index < -0.39 is 5.60 Å². The SMILES string of the molecule is CCO[C@@H]1Cc2cc(C)ccc2[C@H]1N1CCN(C2(C)CCN(C(=O)OC(C)(C)C)CC2)C[C@@H]1C. The second-order valence-electron chi connectivity index (χ2n) is 11.8. The van der Waals surface area contributed by atoms with E-state index in [4.69, 9.17) is 9.47 Å². The Morgan fingerprint density at radius 2 is 1.85 bits per heavy atom. The zero-order valence-electron chi connectivity index (χ0n) is 22.4. The summed E-state index contributed by atoms with van der Waals surface area (Å²) in [5, 5.41) is 0. The predicted molar refractivity (Wildman–Crippen MR) is 136 cm³/mol. The number of hydrogen-bond donors (Lipinski definition) is 0. The van der Waals surface area contributed by atoms with Crippen LogP contribution >= 0.6 is 0 Å². The van der Waals surface area contributed by atoms with E-state index in [0.717, 1.165) is 58.6 Å². The van der Waals surface area contributed by atoms with Gasteiger partial charge in [0.15, 0.2) is 0 Å². The van der Waals surface area contributed by atoms with Gasteiger partial charge in [0.2, 0.25) is 0 Å². The van der Waals surface area contributed by atoms with E-state index in [1.54, 1.807) is 0 Å². The van der Waals surface area contributed by atoms with Gasteiger partial charge in [-0.2, -0.15) is 0 Å². The van der Waals surface area contributed by atoms with Crippen LogP contribution in [0.5, 0.6) is 0 Å². The predicted octanol–water partition coefficient (Wildman–Crippen LogP) is 4.79. The Balaban J connectivity index is 1.40. The smallest absolute Gasteiger partial charge is 0.410 e. The van der Waals surface area contributed by atoms with Crippen molar-refractivity contribution in [3.63, 3.8) is 0 Å². The highest BCUT2D eigenvalue weighted by atomic mass is 16.6. The van der Waals surface area contributed by atoms with Crippen LogP contribution < -0.4 is 0 Å². The van der Waals surface area contributed by atoms with E-state index in [1.807, 2.05) is 25.7 Å². The number of rotatable bonds is 4. The van der Waals surface area contributed by atoms with Crippen LogP contribution in [0.2, 0.25) is 0 Å². The lowest BCUT2D eigenvalue weighted by atomic mass is 9.86. The van der Waals surface area contributed by atoms with Gasteiger partial charge < -0.3 is 14.4 Å². The monoisotopic (exact) mass is 471 g/mol. The summed E-state index contributed by atoms with van der Waals surface area (Å²) in [5.74, 6) is 0. The molecule has 0 N–H and O–H groups in total. The number of benzene rings is 1. The van der Waals surface area contributed by atoms with Crippen LogP contribution in [-0.4, -0.2) is 83.4 Å². The number of carbonyl (C=O) groups is 1. The number of aryl methyl sites for hydroxylation is 1. The third-order valence-electron chi connectivity index (χ3n) is 8.06. The number of hydrogen-bond acceptors (Lipinski definition) is 5. The number of fused-ring (bicyclic) bond motifs is 1. The molecule has 2 aliphatic heterocycles. The normalized spacial score (nSPS) is 28.1. The van der Waals surface area contributed by atoms with Crippen LogP contribution in [0.4, 0.5) is 4.79 Å². The third-order valence-corrected chi connectivity index (χ3v) is 8.06. The Morgan fingerprint density at radius 3 is 2.47 bits per heavy atom. The quantitative estimate of drug-likeness (QED) is 0.632. The van der Waals surface area contributed by atoms with Gasteiger partial charge in [0.25, 0.3) is 0 Å². The van der Waals surface area contributed by atoms with E-state index in [-0.39, 0.29) is 17.7 Å². The van der Waals surface area contributed by atoms with Gasteiger partial charge in [-0.05, 0) is 72.4 Å². The van der Waals surface area contributed by atoms with Gasteiger partial charge in [0, 0.05) is 57.3 Å². The molecular weight excluding hydrogens is 426 g/mol. The molecule has 3 atom stereocenters. The Labute approximate surface area is 206 Å².